The van der Waals surface area contributed by atoms with E-state index < -0.39 is 5.97 Å². The van der Waals surface area contributed by atoms with Crippen LogP contribution in [-0.4, -0.2) is 33.1 Å². The summed E-state index contributed by atoms with van der Waals surface area (Å²) in [6.07, 6.45) is 0. The van der Waals surface area contributed by atoms with Crippen molar-refractivity contribution in [2.24, 2.45) is 0 Å². The van der Waals surface area contributed by atoms with E-state index in [1.807, 2.05) is 13.0 Å². The third-order valence-electron chi connectivity index (χ3n) is 3.53. The van der Waals surface area contributed by atoms with Crippen LogP contribution in [0, 0.1) is 6.92 Å². The minimum absolute atomic E-state index is 0.338. The van der Waals surface area contributed by atoms with E-state index in [0.717, 1.165) is 15.5 Å². The number of benzene rings is 1. The molecule has 0 radical (unpaired) electrons. The van der Waals surface area contributed by atoms with E-state index in [2.05, 4.69) is 18.9 Å². The molecule has 3 aromatic rings. The standard InChI is InChI=1S/C18H17Cl2N3O2S2/c1-9(2)26-17-15(11-5-6-12(19)13(20)8-11)21-18(27-17)23-14(16(24)25-4)7-10(3)22-23/h5-9H,1-4H3. The Hall–Kier alpha value is -1.54. The lowest BCUT2D eigenvalue weighted by molar-refractivity contribution is 0.0590. The molecule has 9 heteroatoms. The first-order valence-corrected chi connectivity index (χ1v) is 10.5. The van der Waals surface area contributed by atoms with Gasteiger partial charge in [0.2, 0.25) is 5.13 Å². The fourth-order valence-corrected chi connectivity index (χ4v) is 5.18. The number of halogens is 2. The van der Waals surface area contributed by atoms with Gasteiger partial charge in [-0.2, -0.15) is 9.78 Å². The van der Waals surface area contributed by atoms with Crippen molar-refractivity contribution in [3.63, 3.8) is 0 Å². The number of thioether (sulfide) groups is 1. The van der Waals surface area contributed by atoms with Gasteiger partial charge in [0.05, 0.1) is 32.8 Å². The van der Waals surface area contributed by atoms with Crippen molar-refractivity contribution in [2.75, 3.05) is 7.11 Å². The van der Waals surface area contributed by atoms with Crippen molar-refractivity contribution in [1.29, 1.82) is 0 Å². The second kappa shape index (κ2) is 8.22. The van der Waals surface area contributed by atoms with Gasteiger partial charge in [0.1, 0.15) is 0 Å². The molecule has 0 atom stereocenters. The van der Waals surface area contributed by atoms with Gasteiger partial charge in [0.15, 0.2) is 5.69 Å². The number of aromatic nitrogens is 3. The van der Waals surface area contributed by atoms with Crippen LogP contribution < -0.4 is 0 Å². The van der Waals surface area contributed by atoms with Gasteiger partial charge in [-0.15, -0.1) is 11.8 Å². The molecule has 0 aliphatic rings. The molecule has 0 unspecified atom stereocenters. The third-order valence-corrected chi connectivity index (χ3v) is 6.51. The van der Waals surface area contributed by atoms with Gasteiger partial charge < -0.3 is 4.74 Å². The maximum Gasteiger partial charge on any atom is 0.356 e. The largest absolute Gasteiger partial charge is 0.464 e. The average Bonchev–Trinajstić information content (AvgIpc) is 3.19. The second-order valence-corrected chi connectivity index (χ2v) is 9.64. The lowest BCUT2D eigenvalue weighted by atomic mass is 10.2. The molecule has 142 valence electrons. The average molecular weight is 442 g/mol. The molecule has 2 aromatic heterocycles. The Morgan fingerprint density at radius 3 is 2.63 bits per heavy atom. The number of carbonyl (C=O) groups excluding carboxylic acids is 1. The highest BCUT2D eigenvalue weighted by Gasteiger charge is 2.22. The zero-order valence-corrected chi connectivity index (χ0v) is 18.3. The lowest BCUT2D eigenvalue weighted by Gasteiger charge is -2.05. The number of ether oxygens (including phenoxy) is 1. The van der Waals surface area contributed by atoms with Crippen molar-refractivity contribution >= 4 is 52.3 Å². The zero-order valence-electron chi connectivity index (χ0n) is 15.1. The van der Waals surface area contributed by atoms with Crippen LogP contribution in [0.5, 0.6) is 0 Å². The summed E-state index contributed by atoms with van der Waals surface area (Å²) in [6, 6.07) is 7.11. The summed E-state index contributed by atoms with van der Waals surface area (Å²) < 4.78 is 7.41. The van der Waals surface area contributed by atoms with Gasteiger partial charge in [-0.1, -0.05) is 54.5 Å². The van der Waals surface area contributed by atoms with E-state index in [9.17, 15) is 4.79 Å². The summed E-state index contributed by atoms with van der Waals surface area (Å²) >= 11 is 15.4. The molecular formula is C18H17Cl2N3O2S2. The highest BCUT2D eigenvalue weighted by molar-refractivity contribution is 8.01. The number of hydrogen-bond acceptors (Lipinski definition) is 6. The minimum Gasteiger partial charge on any atom is -0.464 e. The van der Waals surface area contributed by atoms with Gasteiger partial charge in [0.25, 0.3) is 0 Å². The number of methoxy groups -OCH3 is 1. The Morgan fingerprint density at radius 2 is 2.00 bits per heavy atom. The summed E-state index contributed by atoms with van der Waals surface area (Å²) in [5, 5.41) is 6.32. The summed E-state index contributed by atoms with van der Waals surface area (Å²) in [7, 11) is 1.35. The van der Waals surface area contributed by atoms with Crippen LogP contribution in [-0.2, 0) is 4.74 Å². The number of carbonyl (C=O) groups is 1. The Kier molecular flexibility index (Phi) is 6.15. The first kappa shape index (κ1) is 20.2. The first-order chi connectivity index (χ1) is 12.8. The molecule has 5 nitrogen and oxygen atoms in total. The molecule has 3 rings (SSSR count). The summed E-state index contributed by atoms with van der Waals surface area (Å²) in [5.41, 5.74) is 2.69. The SMILES string of the molecule is COC(=O)c1cc(C)nn1-c1nc(-c2ccc(Cl)c(Cl)c2)c(SC(C)C)s1. The Morgan fingerprint density at radius 1 is 1.26 bits per heavy atom. The van der Waals surface area contributed by atoms with Crippen LogP contribution in [0.1, 0.15) is 30.0 Å². The van der Waals surface area contributed by atoms with Crippen molar-refractivity contribution in [1.82, 2.24) is 14.8 Å². The van der Waals surface area contributed by atoms with E-state index in [-0.39, 0.29) is 0 Å². The number of nitrogens with zero attached hydrogens (tertiary/aromatic N) is 3. The van der Waals surface area contributed by atoms with E-state index >= 15 is 0 Å². The van der Waals surface area contributed by atoms with Crippen molar-refractivity contribution < 1.29 is 9.53 Å². The number of thiazole rings is 1. The minimum atomic E-state index is -0.458. The quantitative estimate of drug-likeness (QED) is 0.364. The Bertz CT molecular complexity index is 999. The summed E-state index contributed by atoms with van der Waals surface area (Å²) in [5.74, 6) is -0.458. The fraction of sp³-hybridized carbons (Fsp3) is 0.278. The second-order valence-electron chi connectivity index (χ2n) is 6.00. The van der Waals surface area contributed by atoms with E-state index in [1.54, 1.807) is 30.0 Å². The van der Waals surface area contributed by atoms with E-state index in [4.69, 9.17) is 32.9 Å². The number of rotatable bonds is 5. The van der Waals surface area contributed by atoms with Gasteiger partial charge in [0, 0.05) is 10.8 Å². The van der Waals surface area contributed by atoms with Crippen LogP contribution >= 0.6 is 46.3 Å². The molecule has 0 aliphatic heterocycles. The fourth-order valence-electron chi connectivity index (χ4n) is 2.40. The molecule has 0 amide bonds. The molecule has 0 spiro atoms. The molecule has 0 saturated heterocycles. The smallest absolute Gasteiger partial charge is 0.356 e. The molecule has 1 aromatic carbocycles. The van der Waals surface area contributed by atoms with Crippen molar-refractivity contribution in [2.45, 2.75) is 30.2 Å². The molecule has 0 N–H and O–H groups in total. The molecule has 2 heterocycles. The molecule has 27 heavy (non-hydrogen) atoms. The van der Waals surface area contributed by atoms with E-state index in [0.29, 0.717) is 31.8 Å². The monoisotopic (exact) mass is 441 g/mol. The molecule has 0 fully saturated rings. The maximum atomic E-state index is 12.1. The van der Waals surface area contributed by atoms with Crippen LogP contribution in [0.2, 0.25) is 10.0 Å². The summed E-state index contributed by atoms with van der Waals surface area (Å²) in [4.78, 5) is 16.9. The normalized spacial score (nSPS) is 11.2. The number of hydrogen-bond donors (Lipinski definition) is 0. The van der Waals surface area contributed by atoms with E-state index in [1.165, 1.54) is 23.1 Å². The third kappa shape index (κ3) is 4.32. The van der Waals surface area contributed by atoms with Gasteiger partial charge in [-0.25, -0.2) is 9.78 Å². The van der Waals surface area contributed by atoms with Gasteiger partial charge in [-0.3, -0.25) is 0 Å². The molecule has 0 aliphatic carbocycles. The molecular weight excluding hydrogens is 425 g/mol. The maximum absolute atomic E-state index is 12.1. The van der Waals surface area contributed by atoms with Crippen LogP contribution in [0.15, 0.2) is 28.5 Å². The Balaban J connectivity index is 2.15. The van der Waals surface area contributed by atoms with Crippen LogP contribution in [0.25, 0.3) is 16.4 Å². The van der Waals surface area contributed by atoms with Gasteiger partial charge >= 0.3 is 5.97 Å². The topological polar surface area (TPSA) is 57.0 Å². The number of esters is 1. The van der Waals surface area contributed by atoms with Crippen LogP contribution in [0.4, 0.5) is 0 Å². The predicted molar refractivity (Wildman–Crippen MR) is 112 cm³/mol. The van der Waals surface area contributed by atoms with Crippen molar-refractivity contribution in [3.8, 4) is 16.4 Å². The molecule has 0 bridgehead atoms. The molecule has 0 saturated carbocycles. The lowest BCUT2D eigenvalue weighted by Crippen LogP contribution is -2.10. The van der Waals surface area contributed by atoms with Crippen molar-refractivity contribution in [3.05, 3.63) is 45.7 Å². The first-order valence-electron chi connectivity index (χ1n) is 8.08. The Labute approximate surface area is 175 Å². The van der Waals surface area contributed by atoms with Crippen LogP contribution in [0.3, 0.4) is 0 Å². The zero-order chi connectivity index (χ0) is 19.7. The van der Waals surface area contributed by atoms with Gasteiger partial charge in [-0.05, 0) is 25.1 Å². The highest BCUT2D eigenvalue weighted by Crippen LogP contribution is 2.41. The highest BCUT2D eigenvalue weighted by atomic mass is 35.5. The summed E-state index contributed by atoms with van der Waals surface area (Å²) in [6.45, 7) is 6.04. The predicted octanol–water partition coefficient (Wildman–Crippen LogP) is 5.90. The number of aryl methyl sites for hydroxylation is 1.